The summed E-state index contributed by atoms with van der Waals surface area (Å²) in [6, 6.07) is 39.5. The minimum absolute atomic E-state index is 0.0719. The van der Waals surface area contributed by atoms with Crippen molar-refractivity contribution in [3.8, 4) is 0 Å². The summed E-state index contributed by atoms with van der Waals surface area (Å²) in [6.45, 7) is 9.19. The zero-order chi connectivity index (χ0) is 44.3. The maximum atomic E-state index is 14.6. The van der Waals surface area contributed by atoms with Gasteiger partial charge in [0.25, 0.3) is 5.56 Å². The van der Waals surface area contributed by atoms with E-state index < -0.39 is 54.1 Å². The van der Waals surface area contributed by atoms with E-state index in [2.05, 4.69) is 20.0 Å². The van der Waals surface area contributed by atoms with E-state index >= 15 is 0 Å². The van der Waals surface area contributed by atoms with Crippen molar-refractivity contribution in [2.75, 3.05) is 25.6 Å². The van der Waals surface area contributed by atoms with Crippen LogP contribution in [0, 0.1) is 5.41 Å². The summed E-state index contributed by atoms with van der Waals surface area (Å²) in [5, 5.41) is 2.88. The number of hydrogen-bond donors (Lipinski definition) is 2. The lowest BCUT2D eigenvalue weighted by Gasteiger charge is -2.38. The number of thioether (sulfide) groups is 1. The summed E-state index contributed by atoms with van der Waals surface area (Å²) in [4.78, 5) is 37.6. The van der Waals surface area contributed by atoms with Gasteiger partial charge >= 0.3 is 7.75 Å². The molecule has 0 bridgehead atoms. The zero-order valence-corrected chi connectivity index (χ0v) is 37.6. The van der Waals surface area contributed by atoms with Gasteiger partial charge in [0.15, 0.2) is 28.3 Å². The second-order valence-electron chi connectivity index (χ2n) is 16.8. The van der Waals surface area contributed by atoms with E-state index in [4.69, 9.17) is 28.0 Å². The molecule has 4 aromatic carbocycles. The van der Waals surface area contributed by atoms with Crippen molar-refractivity contribution in [2.45, 2.75) is 76.6 Å². The molecule has 6 aromatic rings. The average Bonchev–Trinajstić information content (AvgIpc) is 3.91. The van der Waals surface area contributed by atoms with E-state index in [-0.39, 0.29) is 42.8 Å². The Morgan fingerprint density at radius 3 is 2.06 bits per heavy atom. The third kappa shape index (κ3) is 9.40. The Bertz CT molecular complexity index is 2500. The van der Waals surface area contributed by atoms with Crippen LogP contribution in [0.3, 0.4) is 0 Å². The van der Waals surface area contributed by atoms with E-state index in [1.165, 1.54) is 12.7 Å². The number of carbonyl (C=O) groups excluding carboxylic acids is 1. The van der Waals surface area contributed by atoms with Crippen LogP contribution in [0.2, 0.25) is 0 Å². The Morgan fingerprint density at radius 2 is 1.46 bits per heavy atom. The Hall–Kier alpha value is -4.80. The molecule has 330 valence electrons. The largest absolute Gasteiger partial charge is 0.405 e. The molecule has 0 spiro atoms. The molecule has 8 rings (SSSR count). The number of aromatic amines is 1. The molecule has 14 nitrogen and oxygen atoms in total. The van der Waals surface area contributed by atoms with Crippen molar-refractivity contribution in [3.05, 3.63) is 167 Å². The number of rotatable bonds is 18. The smallest absolute Gasteiger partial charge is 0.360 e. The number of imidazole rings is 1. The van der Waals surface area contributed by atoms with Crippen LogP contribution < -0.4 is 10.6 Å². The van der Waals surface area contributed by atoms with Crippen molar-refractivity contribution in [3.63, 3.8) is 0 Å². The first kappa shape index (κ1) is 44.8. The molecule has 0 amide bonds. The van der Waals surface area contributed by atoms with E-state index in [1.54, 1.807) is 18.4 Å². The summed E-state index contributed by atoms with van der Waals surface area (Å²) < 4.78 is 54.7. The lowest BCUT2D eigenvalue weighted by atomic mass is 9.79. The minimum atomic E-state index is -4.04. The zero-order valence-electron chi connectivity index (χ0n) is 35.8. The Morgan fingerprint density at radius 1 is 0.873 bits per heavy atom. The molecule has 2 aliphatic rings. The second kappa shape index (κ2) is 18.4. The molecule has 2 aromatic heterocycles. The SMILES string of the molecule is CC1(C)O[C@H]2[C@@H](COP(=O)(NCc3ccccc3)OCCSC(=O)C(C)(C)COC(c3ccccc3)(c3ccccc3)c3ccccc3)O[C@@H](n3cnc4c(=O)[nH]cnc43)C2(C)O1. The van der Waals surface area contributed by atoms with Gasteiger partial charge in [-0.25, -0.2) is 19.6 Å². The summed E-state index contributed by atoms with van der Waals surface area (Å²) in [5.74, 6) is -0.807. The van der Waals surface area contributed by atoms with Crippen LogP contribution in [0.25, 0.3) is 11.2 Å². The molecular weight excluding hydrogens is 842 g/mol. The molecule has 16 heteroatoms. The molecule has 0 radical (unpaired) electrons. The topological polar surface area (TPSA) is 165 Å². The van der Waals surface area contributed by atoms with Crippen LogP contribution in [0.4, 0.5) is 0 Å². The van der Waals surface area contributed by atoms with Gasteiger partial charge < -0.3 is 23.9 Å². The van der Waals surface area contributed by atoms with Crippen LogP contribution in [-0.4, -0.2) is 73.8 Å². The van der Waals surface area contributed by atoms with Gasteiger partial charge in [0, 0.05) is 12.3 Å². The molecule has 0 aliphatic carbocycles. The first-order chi connectivity index (χ1) is 30.2. The Balaban J connectivity index is 0.955. The Kier molecular flexibility index (Phi) is 13.1. The predicted octanol–water partition coefficient (Wildman–Crippen LogP) is 8.15. The standard InChI is InChI=1S/C47H52N5O9PS/c1-44(2,30-56-47(34-20-12-7-13-21-34,35-22-14-8-15-23-35)36-24-16-9-17-25-36)43(54)63-27-26-57-62(55,51-28-33-18-10-6-11-19-33)58-29-37-39-46(5,61-45(3,4)60-39)42(59-37)52-32-50-38-40(52)48-31-49-41(38)53/h6-25,31-32,37,39,42H,26-30H2,1-5H3,(H,51,55)(H,48,49,53)/t37-,39+,42-,46?,62?/m1/s1. The number of nitrogens with zero attached hydrogens (tertiary/aromatic N) is 3. The van der Waals surface area contributed by atoms with Crippen molar-refractivity contribution >= 4 is 35.8 Å². The molecule has 63 heavy (non-hydrogen) atoms. The van der Waals surface area contributed by atoms with Crippen molar-refractivity contribution in [1.29, 1.82) is 0 Å². The van der Waals surface area contributed by atoms with Gasteiger partial charge in [-0.15, -0.1) is 0 Å². The molecule has 5 atom stereocenters. The summed E-state index contributed by atoms with van der Waals surface area (Å²) >= 11 is 1.08. The molecule has 2 aliphatic heterocycles. The van der Waals surface area contributed by atoms with E-state index in [9.17, 15) is 14.2 Å². The number of ether oxygens (including phenoxy) is 4. The average molecular weight is 894 g/mol. The van der Waals surface area contributed by atoms with Gasteiger partial charge in [0.2, 0.25) is 0 Å². The maximum Gasteiger partial charge on any atom is 0.405 e. The fourth-order valence-corrected chi connectivity index (χ4v) is 10.5. The van der Waals surface area contributed by atoms with Gasteiger partial charge in [-0.2, -0.15) is 0 Å². The van der Waals surface area contributed by atoms with Crippen LogP contribution in [0.15, 0.2) is 139 Å². The minimum Gasteiger partial charge on any atom is -0.360 e. The van der Waals surface area contributed by atoms with Gasteiger partial charge in [-0.3, -0.25) is 23.2 Å². The van der Waals surface area contributed by atoms with E-state index in [0.717, 1.165) is 34.0 Å². The summed E-state index contributed by atoms with van der Waals surface area (Å²) in [6.07, 6.45) is 0.480. The van der Waals surface area contributed by atoms with Gasteiger partial charge in [0.05, 0.1) is 37.9 Å². The summed E-state index contributed by atoms with van der Waals surface area (Å²) in [5.41, 5.74) is 0.751. The first-order valence-corrected chi connectivity index (χ1v) is 23.4. The van der Waals surface area contributed by atoms with E-state index in [1.807, 2.05) is 142 Å². The highest BCUT2D eigenvalue weighted by Gasteiger charge is 2.64. The number of aromatic nitrogens is 4. The Labute approximate surface area is 370 Å². The fourth-order valence-electron chi connectivity index (χ4n) is 8.23. The van der Waals surface area contributed by atoms with Gasteiger partial charge in [0.1, 0.15) is 23.4 Å². The van der Waals surface area contributed by atoms with Gasteiger partial charge in [-0.05, 0) is 56.9 Å². The monoisotopic (exact) mass is 893 g/mol. The van der Waals surface area contributed by atoms with Crippen LogP contribution in [0.5, 0.6) is 0 Å². The molecule has 4 heterocycles. The highest BCUT2D eigenvalue weighted by Crippen LogP contribution is 2.53. The van der Waals surface area contributed by atoms with Crippen molar-refractivity contribution in [1.82, 2.24) is 24.6 Å². The normalized spacial score (nSPS) is 21.9. The number of nitrogens with one attached hydrogen (secondary N) is 2. The number of carbonyl (C=O) groups is 1. The summed E-state index contributed by atoms with van der Waals surface area (Å²) in [7, 11) is -4.04. The van der Waals surface area contributed by atoms with Crippen LogP contribution in [0.1, 0.15) is 63.1 Å². The molecule has 2 unspecified atom stereocenters. The fraction of sp³-hybridized carbons (Fsp3) is 0.362. The van der Waals surface area contributed by atoms with E-state index in [0.29, 0.717) is 5.65 Å². The molecular formula is C47H52N5O9PS. The second-order valence-corrected chi connectivity index (χ2v) is 19.7. The van der Waals surface area contributed by atoms with Crippen molar-refractivity contribution in [2.24, 2.45) is 5.41 Å². The predicted molar refractivity (Wildman–Crippen MR) is 240 cm³/mol. The number of hydrogen-bond acceptors (Lipinski definition) is 12. The number of benzene rings is 4. The quantitative estimate of drug-likeness (QED) is 0.0483. The number of H-pyrrole nitrogens is 1. The highest BCUT2D eigenvalue weighted by atomic mass is 32.2. The lowest BCUT2D eigenvalue weighted by Crippen LogP contribution is -2.42. The van der Waals surface area contributed by atoms with Crippen LogP contribution >= 0.6 is 19.5 Å². The molecule has 0 saturated carbocycles. The molecule has 2 fully saturated rings. The first-order valence-electron chi connectivity index (χ1n) is 20.8. The molecule has 2 saturated heterocycles. The third-order valence-electron chi connectivity index (χ3n) is 11.2. The van der Waals surface area contributed by atoms with Crippen LogP contribution in [-0.2, 0) is 49.5 Å². The highest BCUT2D eigenvalue weighted by molar-refractivity contribution is 8.13. The third-order valence-corrected chi connectivity index (χ3v) is 14.0. The maximum absolute atomic E-state index is 14.6. The number of fused-ring (bicyclic) bond motifs is 2. The molecule has 2 N–H and O–H groups in total. The van der Waals surface area contributed by atoms with Crippen molar-refractivity contribution < 1.29 is 37.4 Å². The lowest BCUT2D eigenvalue weighted by molar-refractivity contribution is -0.216. The van der Waals surface area contributed by atoms with Gasteiger partial charge in [-0.1, -0.05) is 133 Å².